The Balaban J connectivity index is 4.03. The Kier molecular flexibility index (Phi) is 7.50. The molecule has 0 aromatic carbocycles. The quantitative estimate of drug-likeness (QED) is 0.399. The number of hydrogen-bond donors (Lipinski definition) is 1. The summed E-state index contributed by atoms with van der Waals surface area (Å²) in [5.74, 6) is -0.841. The Morgan fingerprint density at radius 3 is 2.06 bits per heavy atom. The first-order valence-corrected chi connectivity index (χ1v) is 8.14. The van der Waals surface area contributed by atoms with Crippen molar-refractivity contribution in [2.45, 2.75) is 36.6 Å². The van der Waals surface area contributed by atoms with Gasteiger partial charge in [0.1, 0.15) is 4.32 Å². The molecular formula is C10H21BrO5Si. The van der Waals surface area contributed by atoms with Crippen LogP contribution in [-0.4, -0.2) is 45.5 Å². The Bertz CT molecular complexity index is 235. The summed E-state index contributed by atoms with van der Waals surface area (Å²) in [6.45, 7) is 1.66. The van der Waals surface area contributed by atoms with Crippen LogP contribution in [0.4, 0.5) is 0 Å². The number of hydrogen-bond acceptors (Lipinski definition) is 4. The van der Waals surface area contributed by atoms with Gasteiger partial charge in [-0.1, -0.05) is 22.4 Å². The van der Waals surface area contributed by atoms with E-state index in [-0.39, 0.29) is 0 Å². The number of halogens is 1. The van der Waals surface area contributed by atoms with Gasteiger partial charge in [-0.25, -0.2) is 0 Å². The predicted octanol–water partition coefficient (Wildman–Crippen LogP) is 2.27. The van der Waals surface area contributed by atoms with Crippen LogP contribution in [0.15, 0.2) is 0 Å². The molecule has 0 fully saturated rings. The van der Waals surface area contributed by atoms with Gasteiger partial charge in [0.15, 0.2) is 0 Å². The zero-order valence-corrected chi connectivity index (χ0v) is 13.4. The maximum absolute atomic E-state index is 10.9. The second-order valence-corrected chi connectivity index (χ2v) is 8.85. The van der Waals surface area contributed by atoms with Crippen molar-refractivity contribution in [1.82, 2.24) is 0 Å². The van der Waals surface area contributed by atoms with E-state index in [1.165, 1.54) is 0 Å². The maximum atomic E-state index is 10.9. The largest absolute Gasteiger partial charge is 0.500 e. The van der Waals surface area contributed by atoms with E-state index in [9.17, 15) is 4.79 Å². The summed E-state index contributed by atoms with van der Waals surface area (Å²) < 4.78 is 15.0. The van der Waals surface area contributed by atoms with Crippen LogP contribution < -0.4 is 0 Å². The van der Waals surface area contributed by atoms with Crippen molar-refractivity contribution in [2.75, 3.05) is 21.3 Å². The first-order valence-electron chi connectivity index (χ1n) is 5.41. The fourth-order valence-corrected chi connectivity index (χ4v) is 3.54. The molecule has 1 N–H and O–H groups in total. The highest BCUT2D eigenvalue weighted by Gasteiger charge is 2.37. The van der Waals surface area contributed by atoms with Gasteiger partial charge >= 0.3 is 14.8 Å². The van der Waals surface area contributed by atoms with Gasteiger partial charge < -0.3 is 18.4 Å². The Morgan fingerprint density at radius 2 is 1.71 bits per heavy atom. The number of carboxylic acids is 1. The molecular weight excluding hydrogens is 308 g/mol. The molecule has 0 aromatic rings. The first-order chi connectivity index (χ1) is 7.83. The van der Waals surface area contributed by atoms with Gasteiger partial charge in [0.2, 0.25) is 0 Å². The van der Waals surface area contributed by atoms with Crippen LogP contribution in [0.5, 0.6) is 0 Å². The molecule has 0 aliphatic carbocycles. The van der Waals surface area contributed by atoms with Gasteiger partial charge in [-0.15, -0.1) is 0 Å². The Labute approximate surface area is 112 Å². The third kappa shape index (κ3) is 5.48. The van der Waals surface area contributed by atoms with Gasteiger partial charge in [-0.05, 0) is 19.8 Å². The fourth-order valence-electron chi connectivity index (χ4n) is 1.46. The molecule has 1 unspecified atom stereocenters. The van der Waals surface area contributed by atoms with Crippen LogP contribution in [0, 0.1) is 0 Å². The first kappa shape index (κ1) is 17.0. The topological polar surface area (TPSA) is 65.0 Å². The zero-order valence-electron chi connectivity index (χ0n) is 10.8. The van der Waals surface area contributed by atoms with Gasteiger partial charge in [0.05, 0.1) is 0 Å². The smallest absolute Gasteiger partial charge is 0.480 e. The van der Waals surface area contributed by atoms with Crippen LogP contribution in [0.2, 0.25) is 6.04 Å². The van der Waals surface area contributed by atoms with E-state index in [2.05, 4.69) is 15.9 Å². The highest BCUT2D eigenvalue weighted by molar-refractivity contribution is 9.10. The Morgan fingerprint density at radius 1 is 1.24 bits per heavy atom. The molecule has 0 aliphatic rings. The number of unbranched alkanes of at least 4 members (excludes halogenated alkanes) is 1. The van der Waals surface area contributed by atoms with Crippen molar-refractivity contribution in [3.8, 4) is 0 Å². The molecule has 17 heavy (non-hydrogen) atoms. The zero-order chi connectivity index (χ0) is 13.5. The van der Waals surface area contributed by atoms with Crippen LogP contribution in [0.25, 0.3) is 0 Å². The lowest BCUT2D eigenvalue weighted by Gasteiger charge is -2.24. The van der Waals surface area contributed by atoms with E-state index in [1.807, 2.05) is 0 Å². The van der Waals surface area contributed by atoms with Crippen molar-refractivity contribution in [3.05, 3.63) is 0 Å². The summed E-state index contributed by atoms with van der Waals surface area (Å²) >= 11 is 3.20. The summed E-state index contributed by atoms with van der Waals surface area (Å²) in [6, 6.07) is 0.694. The lowest BCUT2D eigenvalue weighted by Crippen LogP contribution is -2.42. The number of carbonyl (C=O) groups is 1. The van der Waals surface area contributed by atoms with Crippen molar-refractivity contribution in [2.24, 2.45) is 0 Å². The van der Waals surface area contributed by atoms with Crippen LogP contribution in [-0.2, 0) is 18.1 Å². The SMILES string of the molecule is CO[Si](CCCCC(C)(Br)C(=O)O)(OC)OC. The maximum Gasteiger partial charge on any atom is 0.500 e. The van der Waals surface area contributed by atoms with E-state index in [0.717, 1.165) is 12.8 Å². The molecule has 0 saturated carbocycles. The number of aliphatic carboxylic acids is 1. The normalized spacial score (nSPS) is 15.6. The molecule has 7 heteroatoms. The minimum atomic E-state index is -2.50. The molecule has 1 atom stereocenters. The highest BCUT2D eigenvalue weighted by Crippen LogP contribution is 2.26. The lowest BCUT2D eigenvalue weighted by molar-refractivity contribution is -0.139. The number of alkyl halides is 1. The van der Waals surface area contributed by atoms with Crippen molar-refractivity contribution >= 4 is 30.7 Å². The Hall–Kier alpha value is 0.0469. The van der Waals surface area contributed by atoms with E-state index in [0.29, 0.717) is 12.5 Å². The summed E-state index contributed by atoms with van der Waals surface area (Å²) in [5.41, 5.74) is 0. The van der Waals surface area contributed by atoms with E-state index in [1.54, 1.807) is 28.3 Å². The second-order valence-electron chi connectivity index (χ2n) is 4.01. The van der Waals surface area contributed by atoms with Crippen molar-refractivity contribution < 1.29 is 23.2 Å². The minimum absolute atomic E-state index is 0.559. The van der Waals surface area contributed by atoms with Gasteiger partial charge in [0, 0.05) is 27.4 Å². The number of rotatable bonds is 9. The van der Waals surface area contributed by atoms with Crippen LogP contribution in [0.1, 0.15) is 26.2 Å². The van der Waals surface area contributed by atoms with Gasteiger partial charge in [-0.2, -0.15) is 0 Å². The van der Waals surface area contributed by atoms with Crippen LogP contribution in [0.3, 0.4) is 0 Å². The van der Waals surface area contributed by atoms with E-state index < -0.39 is 19.1 Å². The molecule has 0 saturated heterocycles. The molecule has 0 heterocycles. The highest BCUT2D eigenvalue weighted by atomic mass is 79.9. The molecule has 0 spiro atoms. The molecule has 0 radical (unpaired) electrons. The summed E-state index contributed by atoms with van der Waals surface area (Å²) in [7, 11) is 2.22. The third-order valence-electron chi connectivity index (χ3n) is 2.76. The van der Waals surface area contributed by atoms with Gasteiger partial charge in [-0.3, -0.25) is 4.79 Å². The van der Waals surface area contributed by atoms with Crippen molar-refractivity contribution in [3.63, 3.8) is 0 Å². The molecule has 0 amide bonds. The van der Waals surface area contributed by atoms with E-state index >= 15 is 0 Å². The standard InChI is InChI=1S/C10H21BrO5Si/c1-10(11,9(12)13)7-5-6-8-17(14-2,15-3)16-4/h5-8H2,1-4H3,(H,12,13). The summed E-state index contributed by atoms with van der Waals surface area (Å²) in [6.07, 6.45) is 2.15. The second kappa shape index (κ2) is 7.47. The summed E-state index contributed by atoms with van der Waals surface area (Å²) in [4.78, 5) is 10.9. The minimum Gasteiger partial charge on any atom is -0.480 e. The van der Waals surface area contributed by atoms with Crippen LogP contribution >= 0.6 is 15.9 Å². The molecule has 0 aliphatic heterocycles. The molecule has 5 nitrogen and oxygen atoms in total. The average Bonchev–Trinajstić information content (AvgIpc) is 2.30. The average molecular weight is 329 g/mol. The molecule has 102 valence electrons. The predicted molar refractivity (Wildman–Crippen MR) is 70.4 cm³/mol. The lowest BCUT2D eigenvalue weighted by atomic mass is 10.1. The van der Waals surface area contributed by atoms with Crippen molar-refractivity contribution in [1.29, 1.82) is 0 Å². The monoisotopic (exact) mass is 328 g/mol. The molecule has 0 aromatic heterocycles. The fraction of sp³-hybridized carbons (Fsp3) is 0.900. The number of carboxylic acid groups (broad SMARTS) is 1. The van der Waals surface area contributed by atoms with E-state index in [4.69, 9.17) is 18.4 Å². The van der Waals surface area contributed by atoms with Gasteiger partial charge in [0.25, 0.3) is 0 Å². The molecule has 0 bridgehead atoms. The molecule has 0 rings (SSSR count). The third-order valence-corrected chi connectivity index (χ3v) is 6.33. The summed E-state index contributed by atoms with van der Waals surface area (Å²) in [5, 5.41) is 8.93.